The average Bonchev–Trinajstić information content (AvgIpc) is 2.95. The maximum Gasteiger partial charge on any atom is 0.238 e. The van der Waals surface area contributed by atoms with Crippen LogP contribution in [0, 0.1) is 0 Å². The van der Waals surface area contributed by atoms with E-state index in [2.05, 4.69) is 17.2 Å². The molecule has 0 saturated carbocycles. The third-order valence-electron chi connectivity index (χ3n) is 5.74. The van der Waals surface area contributed by atoms with Gasteiger partial charge >= 0.3 is 0 Å². The topological polar surface area (TPSA) is 67.4 Å². The number of hydrogen-bond acceptors (Lipinski definition) is 3. The molecule has 2 aromatic rings. The van der Waals surface area contributed by atoms with Gasteiger partial charge in [0.15, 0.2) is 0 Å². The number of methoxy groups -OCH3 is 1. The quantitative estimate of drug-likeness (QED) is 0.718. The summed E-state index contributed by atoms with van der Waals surface area (Å²) < 4.78 is 5.27. The molecule has 0 unspecified atom stereocenters. The van der Waals surface area contributed by atoms with Crippen molar-refractivity contribution in [1.29, 1.82) is 0 Å². The number of rotatable bonds is 4. The molecule has 150 valence electrons. The summed E-state index contributed by atoms with van der Waals surface area (Å²) in [6.07, 6.45) is 0.145. The molecule has 2 amide bonds. The molecule has 1 spiro atoms. The van der Waals surface area contributed by atoms with Crippen molar-refractivity contribution in [1.82, 2.24) is 5.32 Å². The van der Waals surface area contributed by atoms with Crippen LogP contribution in [0.2, 0.25) is 10.0 Å². The van der Waals surface area contributed by atoms with Gasteiger partial charge in [0, 0.05) is 35.2 Å². The Labute approximate surface area is 179 Å². The summed E-state index contributed by atoms with van der Waals surface area (Å²) in [5.41, 5.74) is 1.76. The summed E-state index contributed by atoms with van der Waals surface area (Å²) >= 11 is 12.4. The first kappa shape index (κ1) is 20.0. The zero-order valence-corrected chi connectivity index (χ0v) is 17.3. The van der Waals surface area contributed by atoms with E-state index < -0.39 is 17.4 Å². The predicted octanol–water partition coefficient (Wildman–Crippen LogP) is 4.06. The zero-order chi connectivity index (χ0) is 20.8. The molecule has 0 radical (unpaired) electrons. The van der Waals surface area contributed by atoms with Crippen LogP contribution < -0.4 is 10.6 Å². The maximum absolute atomic E-state index is 13.6. The van der Waals surface area contributed by atoms with Gasteiger partial charge in [-0.3, -0.25) is 9.59 Å². The van der Waals surface area contributed by atoms with Crippen LogP contribution in [-0.2, 0) is 19.7 Å². The molecule has 1 saturated heterocycles. The molecule has 2 aliphatic heterocycles. The fourth-order valence-electron chi connectivity index (χ4n) is 4.64. The second kappa shape index (κ2) is 7.48. The van der Waals surface area contributed by atoms with Crippen molar-refractivity contribution >= 4 is 40.7 Å². The minimum atomic E-state index is -1.09. The molecule has 4 rings (SSSR count). The summed E-state index contributed by atoms with van der Waals surface area (Å²) in [7, 11) is 1.55. The molecule has 2 heterocycles. The summed E-state index contributed by atoms with van der Waals surface area (Å²) in [5.74, 6) is -0.795. The average molecular weight is 431 g/mol. The van der Waals surface area contributed by atoms with Crippen molar-refractivity contribution in [3.63, 3.8) is 0 Å². The second-order valence-corrected chi connectivity index (χ2v) is 8.29. The van der Waals surface area contributed by atoms with Crippen molar-refractivity contribution in [2.45, 2.75) is 23.8 Å². The highest BCUT2D eigenvalue weighted by atomic mass is 35.5. The van der Waals surface area contributed by atoms with E-state index in [9.17, 15) is 9.59 Å². The van der Waals surface area contributed by atoms with Gasteiger partial charge < -0.3 is 15.4 Å². The van der Waals surface area contributed by atoms with Crippen LogP contribution in [0.15, 0.2) is 54.6 Å². The number of halogens is 2. The van der Waals surface area contributed by atoms with Gasteiger partial charge in [-0.2, -0.15) is 0 Å². The van der Waals surface area contributed by atoms with Gasteiger partial charge in [-0.15, -0.1) is 0 Å². The Morgan fingerprint density at radius 3 is 2.69 bits per heavy atom. The van der Waals surface area contributed by atoms with Gasteiger partial charge in [0.05, 0.1) is 12.6 Å². The molecule has 2 N–H and O–H groups in total. The molecule has 0 aromatic heterocycles. The Morgan fingerprint density at radius 2 is 1.97 bits per heavy atom. The molecule has 1 fully saturated rings. The third kappa shape index (κ3) is 3.14. The fraction of sp³-hybridized carbons (Fsp3) is 0.273. The SMILES string of the molecule is C=C(COC)[C@H]1NC(=O)C[C@@H](c2cccc(Cl)c2)[C@]12C(=O)Nc1cc(Cl)ccc12. The largest absolute Gasteiger partial charge is 0.380 e. The van der Waals surface area contributed by atoms with Crippen LogP contribution in [0.5, 0.6) is 0 Å². The highest BCUT2D eigenvalue weighted by molar-refractivity contribution is 6.31. The summed E-state index contributed by atoms with van der Waals surface area (Å²) in [6.45, 7) is 4.33. The smallest absolute Gasteiger partial charge is 0.238 e. The van der Waals surface area contributed by atoms with Crippen molar-refractivity contribution in [3.8, 4) is 0 Å². The molecule has 2 aromatic carbocycles. The number of anilines is 1. The standard InChI is InChI=1S/C22H20Cl2N2O3/c1-12(11-29-2)20-22(16-7-6-15(24)9-18(16)25-21(22)28)17(10-19(27)26-20)13-4-3-5-14(23)8-13/h3-9,17,20H,1,10-11H2,2H3,(H,25,28)(H,26,27)/t17-,20+,22-/m0/s1. The summed E-state index contributed by atoms with van der Waals surface area (Å²) in [6, 6.07) is 12.0. The number of piperidine rings is 1. The van der Waals surface area contributed by atoms with Crippen LogP contribution in [0.1, 0.15) is 23.5 Å². The molecule has 2 aliphatic rings. The number of hydrogen-bond donors (Lipinski definition) is 2. The number of nitrogens with one attached hydrogen (secondary N) is 2. The first-order valence-electron chi connectivity index (χ1n) is 9.20. The predicted molar refractivity (Wildman–Crippen MR) is 114 cm³/mol. The van der Waals surface area contributed by atoms with Gasteiger partial charge in [-0.25, -0.2) is 0 Å². The number of carbonyl (C=O) groups excluding carboxylic acids is 2. The molecular formula is C22H20Cl2N2O3. The van der Waals surface area contributed by atoms with E-state index in [0.29, 0.717) is 21.3 Å². The number of carbonyl (C=O) groups is 2. The summed E-state index contributed by atoms with van der Waals surface area (Å²) in [5, 5.41) is 7.02. The number of fused-ring (bicyclic) bond motifs is 2. The highest BCUT2D eigenvalue weighted by Gasteiger charge is 2.61. The van der Waals surface area contributed by atoms with E-state index in [1.807, 2.05) is 24.3 Å². The van der Waals surface area contributed by atoms with Gasteiger partial charge in [0.1, 0.15) is 5.41 Å². The first-order chi connectivity index (χ1) is 13.9. The van der Waals surface area contributed by atoms with Gasteiger partial charge in [0.25, 0.3) is 0 Å². The number of amides is 2. The lowest BCUT2D eigenvalue weighted by molar-refractivity contribution is -0.130. The van der Waals surface area contributed by atoms with E-state index in [4.69, 9.17) is 27.9 Å². The van der Waals surface area contributed by atoms with E-state index in [1.165, 1.54) is 0 Å². The molecular weight excluding hydrogens is 411 g/mol. The maximum atomic E-state index is 13.6. The van der Waals surface area contributed by atoms with Crippen molar-refractivity contribution in [3.05, 3.63) is 75.8 Å². The van der Waals surface area contributed by atoms with Crippen LogP contribution in [0.25, 0.3) is 0 Å². The highest BCUT2D eigenvalue weighted by Crippen LogP contribution is 2.54. The molecule has 5 nitrogen and oxygen atoms in total. The first-order valence-corrected chi connectivity index (χ1v) is 9.96. The lowest BCUT2D eigenvalue weighted by atomic mass is 9.59. The second-order valence-electron chi connectivity index (χ2n) is 7.42. The van der Waals surface area contributed by atoms with Gasteiger partial charge in [0.2, 0.25) is 11.8 Å². The van der Waals surface area contributed by atoms with Crippen molar-refractivity contribution in [2.75, 3.05) is 19.0 Å². The van der Waals surface area contributed by atoms with Gasteiger partial charge in [-0.1, -0.05) is 48.0 Å². The van der Waals surface area contributed by atoms with E-state index >= 15 is 0 Å². The van der Waals surface area contributed by atoms with Crippen LogP contribution >= 0.6 is 23.2 Å². The lowest BCUT2D eigenvalue weighted by Gasteiger charge is -2.46. The van der Waals surface area contributed by atoms with E-state index in [0.717, 1.165) is 11.1 Å². The Bertz CT molecular complexity index is 1020. The van der Waals surface area contributed by atoms with Gasteiger partial charge in [-0.05, 0) is 41.0 Å². The molecule has 3 atom stereocenters. The minimum absolute atomic E-state index is 0.145. The normalized spacial score (nSPS) is 25.5. The van der Waals surface area contributed by atoms with Crippen LogP contribution in [0.4, 0.5) is 5.69 Å². The Hall–Kier alpha value is -2.34. The molecule has 29 heavy (non-hydrogen) atoms. The number of ether oxygens (including phenoxy) is 1. The molecule has 0 bridgehead atoms. The fourth-order valence-corrected chi connectivity index (χ4v) is 5.01. The van der Waals surface area contributed by atoms with Crippen molar-refractivity contribution in [2.24, 2.45) is 0 Å². The Balaban J connectivity index is 1.98. The van der Waals surface area contributed by atoms with Crippen LogP contribution in [0.3, 0.4) is 0 Å². The van der Waals surface area contributed by atoms with Crippen molar-refractivity contribution < 1.29 is 14.3 Å². The van der Waals surface area contributed by atoms with E-state index in [1.54, 1.807) is 25.3 Å². The van der Waals surface area contributed by atoms with E-state index in [-0.39, 0.29) is 24.8 Å². The Morgan fingerprint density at radius 1 is 1.21 bits per heavy atom. The third-order valence-corrected chi connectivity index (χ3v) is 6.21. The summed E-state index contributed by atoms with van der Waals surface area (Å²) in [4.78, 5) is 26.3. The lowest BCUT2D eigenvalue weighted by Crippen LogP contribution is -2.62. The van der Waals surface area contributed by atoms with Crippen LogP contribution in [-0.4, -0.2) is 31.6 Å². The molecule has 7 heteroatoms. The Kier molecular flexibility index (Phi) is 5.15. The molecule has 0 aliphatic carbocycles. The number of benzene rings is 2. The zero-order valence-electron chi connectivity index (χ0n) is 15.8. The minimum Gasteiger partial charge on any atom is -0.380 e. The monoisotopic (exact) mass is 430 g/mol.